The molecule has 180 valence electrons. The van der Waals surface area contributed by atoms with Crippen molar-refractivity contribution in [3.8, 4) is 11.1 Å². The molecule has 2 aromatic carbocycles. The van der Waals surface area contributed by atoms with Crippen LogP contribution in [0.3, 0.4) is 0 Å². The zero-order valence-electron chi connectivity index (χ0n) is 19.3. The predicted molar refractivity (Wildman–Crippen MR) is 133 cm³/mol. The summed E-state index contributed by atoms with van der Waals surface area (Å²) in [6, 6.07) is 4.38. The predicted octanol–water partition coefficient (Wildman–Crippen LogP) is 5.80. The van der Waals surface area contributed by atoms with E-state index in [4.69, 9.17) is 16.3 Å². The quantitative estimate of drug-likeness (QED) is 0.421. The van der Waals surface area contributed by atoms with Crippen LogP contribution in [0.1, 0.15) is 31.7 Å². The maximum absolute atomic E-state index is 15.1. The summed E-state index contributed by atoms with van der Waals surface area (Å²) >= 11 is 7.57. The minimum atomic E-state index is -0.804. The molecule has 0 N–H and O–H groups in total. The summed E-state index contributed by atoms with van der Waals surface area (Å²) in [7, 11) is 1.62. The van der Waals surface area contributed by atoms with Crippen LogP contribution < -0.4 is 10.6 Å². The number of ether oxygens (including phenoxy) is 1. The van der Waals surface area contributed by atoms with Gasteiger partial charge in [0.2, 0.25) is 0 Å². The van der Waals surface area contributed by atoms with E-state index in [0.717, 1.165) is 53.2 Å². The second-order valence-corrected chi connectivity index (χ2v) is 10.5. The molecule has 0 unspecified atom stereocenters. The number of piperidine rings is 1. The van der Waals surface area contributed by atoms with Crippen molar-refractivity contribution in [2.75, 3.05) is 24.3 Å². The minimum Gasteiger partial charge on any atom is -0.379 e. The van der Waals surface area contributed by atoms with Crippen molar-refractivity contribution < 1.29 is 13.5 Å². The maximum Gasteiger partial charge on any atom is 0.350 e. The first kappa shape index (κ1) is 23.6. The Kier molecular flexibility index (Phi) is 6.33. The summed E-state index contributed by atoms with van der Waals surface area (Å²) in [4.78, 5) is 20.9. The fourth-order valence-electron chi connectivity index (χ4n) is 5.09. The van der Waals surface area contributed by atoms with Gasteiger partial charge >= 0.3 is 5.69 Å². The van der Waals surface area contributed by atoms with Gasteiger partial charge in [-0.3, -0.25) is 4.57 Å². The molecule has 2 aliphatic heterocycles. The molecule has 2 atom stereocenters. The average Bonchev–Trinajstić information content (AvgIpc) is 3.00. The van der Waals surface area contributed by atoms with Crippen molar-refractivity contribution in [1.82, 2.24) is 9.55 Å². The van der Waals surface area contributed by atoms with Crippen LogP contribution in [0.5, 0.6) is 0 Å². The SMILES string of the molecule is CO[C@H]1CSc2c(-c3cc(Cl)c(F)cc3F)c(C)cc3c(N4CCCC[C@@H]4C)nc(=O)n(c23)C1. The molecular formula is C25H26ClF2N3O2S. The van der Waals surface area contributed by atoms with Crippen molar-refractivity contribution in [2.24, 2.45) is 0 Å². The van der Waals surface area contributed by atoms with Crippen LogP contribution in [0, 0.1) is 18.6 Å². The van der Waals surface area contributed by atoms with Crippen molar-refractivity contribution in [2.45, 2.75) is 56.7 Å². The van der Waals surface area contributed by atoms with E-state index in [2.05, 4.69) is 16.8 Å². The van der Waals surface area contributed by atoms with E-state index in [1.54, 1.807) is 11.7 Å². The standard InChI is InChI=1S/C25H26ClF2N3O2S/c1-13-8-17-22-23(21(13)16-9-18(26)20(28)10-19(16)27)34-12-15(33-3)11-31(22)25(32)29-24(17)30-7-5-4-6-14(30)2/h8-10,14-15H,4-7,11-12H2,1-3H3/t14-,15+/m0/s1. The topological polar surface area (TPSA) is 47.4 Å². The number of halogens is 3. The first-order chi connectivity index (χ1) is 16.3. The monoisotopic (exact) mass is 505 g/mol. The van der Waals surface area contributed by atoms with Crippen molar-refractivity contribution in [1.29, 1.82) is 0 Å². The summed E-state index contributed by atoms with van der Waals surface area (Å²) < 4.78 is 36.3. The van der Waals surface area contributed by atoms with Gasteiger partial charge < -0.3 is 9.64 Å². The third kappa shape index (κ3) is 3.89. The highest BCUT2D eigenvalue weighted by Crippen LogP contribution is 2.45. The molecule has 5 rings (SSSR count). The van der Waals surface area contributed by atoms with E-state index in [1.165, 1.54) is 17.8 Å². The van der Waals surface area contributed by atoms with Crippen LogP contribution in [0.2, 0.25) is 5.02 Å². The summed E-state index contributed by atoms with van der Waals surface area (Å²) in [6.45, 7) is 5.24. The highest BCUT2D eigenvalue weighted by atomic mass is 35.5. The molecule has 9 heteroatoms. The van der Waals surface area contributed by atoms with Gasteiger partial charge in [0.1, 0.15) is 17.5 Å². The van der Waals surface area contributed by atoms with Gasteiger partial charge in [0.25, 0.3) is 0 Å². The van der Waals surface area contributed by atoms with Gasteiger partial charge in [-0.2, -0.15) is 4.98 Å². The molecule has 1 aromatic heterocycles. The molecule has 2 aliphatic rings. The molecule has 0 amide bonds. The Morgan fingerprint density at radius 1 is 1.21 bits per heavy atom. The lowest BCUT2D eigenvalue weighted by molar-refractivity contribution is 0.107. The Labute approximate surface area is 206 Å². The molecular weight excluding hydrogens is 480 g/mol. The summed E-state index contributed by atoms with van der Waals surface area (Å²) in [5.41, 5.74) is 2.01. The Balaban J connectivity index is 1.86. The van der Waals surface area contributed by atoms with E-state index in [0.29, 0.717) is 23.7 Å². The Morgan fingerprint density at radius 3 is 2.74 bits per heavy atom. The first-order valence-corrected chi connectivity index (χ1v) is 12.8. The fourth-order valence-corrected chi connectivity index (χ4v) is 6.62. The number of anilines is 1. The fraction of sp³-hybridized carbons (Fsp3) is 0.440. The molecule has 0 spiro atoms. The van der Waals surface area contributed by atoms with Gasteiger partial charge in [0.15, 0.2) is 0 Å². The van der Waals surface area contributed by atoms with Crippen LogP contribution in [0.4, 0.5) is 14.6 Å². The van der Waals surface area contributed by atoms with Crippen molar-refractivity contribution >= 4 is 40.1 Å². The number of hydrogen-bond acceptors (Lipinski definition) is 5. The van der Waals surface area contributed by atoms with Crippen LogP contribution in [0.25, 0.3) is 22.0 Å². The smallest absolute Gasteiger partial charge is 0.350 e. The number of aromatic nitrogens is 2. The van der Waals surface area contributed by atoms with Crippen LogP contribution in [-0.2, 0) is 11.3 Å². The largest absolute Gasteiger partial charge is 0.379 e. The third-order valence-corrected chi connectivity index (χ3v) is 8.40. The Bertz CT molecular complexity index is 1350. The highest BCUT2D eigenvalue weighted by molar-refractivity contribution is 7.99. The molecule has 0 bridgehead atoms. The molecule has 1 fully saturated rings. The van der Waals surface area contributed by atoms with Gasteiger partial charge in [0.05, 0.1) is 23.2 Å². The molecule has 0 saturated carbocycles. The summed E-state index contributed by atoms with van der Waals surface area (Å²) in [5.74, 6) is -0.244. The van der Waals surface area contributed by atoms with E-state index in [1.807, 2.05) is 13.0 Å². The number of methoxy groups -OCH3 is 1. The molecule has 1 saturated heterocycles. The number of benzene rings is 2. The number of hydrogen-bond donors (Lipinski definition) is 0. The first-order valence-electron chi connectivity index (χ1n) is 11.5. The zero-order valence-corrected chi connectivity index (χ0v) is 20.9. The zero-order chi connectivity index (χ0) is 24.1. The van der Waals surface area contributed by atoms with E-state index in [-0.39, 0.29) is 28.4 Å². The van der Waals surface area contributed by atoms with Gasteiger partial charge in [0, 0.05) is 52.9 Å². The number of aryl methyl sites for hydroxylation is 1. The minimum absolute atomic E-state index is 0.147. The number of thioether (sulfide) groups is 1. The number of rotatable bonds is 3. The van der Waals surface area contributed by atoms with Crippen molar-refractivity contribution in [3.63, 3.8) is 0 Å². The van der Waals surface area contributed by atoms with Crippen LogP contribution >= 0.6 is 23.4 Å². The third-order valence-electron chi connectivity index (χ3n) is 6.88. The van der Waals surface area contributed by atoms with E-state index < -0.39 is 11.6 Å². The molecule has 0 radical (unpaired) electrons. The van der Waals surface area contributed by atoms with E-state index in [9.17, 15) is 9.18 Å². The number of nitrogens with zero attached hydrogens (tertiary/aromatic N) is 3. The normalized spacial score (nSPS) is 20.6. The summed E-state index contributed by atoms with van der Waals surface area (Å²) in [5, 5.41) is 0.717. The Hall–Kier alpha value is -2.16. The molecule has 3 heterocycles. The second-order valence-electron chi connectivity index (χ2n) is 9.08. The van der Waals surface area contributed by atoms with Crippen molar-refractivity contribution in [3.05, 3.63) is 50.9 Å². The molecule has 3 aromatic rings. The molecule has 5 nitrogen and oxygen atoms in total. The lowest BCUT2D eigenvalue weighted by Crippen LogP contribution is -2.40. The van der Waals surface area contributed by atoms with Gasteiger partial charge in [-0.15, -0.1) is 11.8 Å². The lowest BCUT2D eigenvalue weighted by Gasteiger charge is -2.35. The van der Waals surface area contributed by atoms with Gasteiger partial charge in [-0.05, 0) is 50.8 Å². The van der Waals surface area contributed by atoms with Gasteiger partial charge in [-0.1, -0.05) is 11.6 Å². The van der Waals surface area contributed by atoms with E-state index >= 15 is 4.39 Å². The summed E-state index contributed by atoms with van der Waals surface area (Å²) in [6.07, 6.45) is 3.02. The van der Waals surface area contributed by atoms with Crippen LogP contribution in [0.15, 0.2) is 27.9 Å². The van der Waals surface area contributed by atoms with Gasteiger partial charge in [-0.25, -0.2) is 13.6 Å². The Morgan fingerprint density at radius 2 is 2.00 bits per heavy atom. The molecule has 34 heavy (non-hydrogen) atoms. The highest BCUT2D eigenvalue weighted by Gasteiger charge is 2.30. The maximum atomic E-state index is 15.1. The van der Waals surface area contributed by atoms with Crippen LogP contribution in [-0.4, -0.2) is 41.1 Å². The second kappa shape index (κ2) is 9.13. The lowest BCUT2D eigenvalue weighted by atomic mass is 9.96. The average molecular weight is 506 g/mol. The molecule has 0 aliphatic carbocycles.